The van der Waals surface area contributed by atoms with E-state index >= 15 is 0 Å². The van der Waals surface area contributed by atoms with Crippen molar-refractivity contribution < 1.29 is 4.79 Å². The van der Waals surface area contributed by atoms with Crippen LogP contribution in [0.1, 0.15) is 24.2 Å². The normalized spacial score (nSPS) is 11.4. The van der Waals surface area contributed by atoms with Crippen molar-refractivity contribution in [3.63, 3.8) is 0 Å². The second-order valence-corrected chi connectivity index (χ2v) is 5.98. The Morgan fingerprint density at radius 3 is 2.53 bits per heavy atom. The summed E-state index contributed by atoms with van der Waals surface area (Å²) in [4.78, 5) is 11.8. The molecular formula is C12H14BrCl2NO. The molecule has 0 saturated heterocycles. The lowest BCUT2D eigenvalue weighted by Gasteiger charge is -2.21. The molecule has 0 heterocycles. The van der Waals surface area contributed by atoms with Gasteiger partial charge in [-0.15, -0.1) is 0 Å². The Bertz CT molecular complexity index is 421. The van der Waals surface area contributed by atoms with E-state index in [9.17, 15) is 4.79 Å². The van der Waals surface area contributed by atoms with Crippen LogP contribution in [-0.2, 0) is 0 Å². The summed E-state index contributed by atoms with van der Waals surface area (Å²) in [7, 11) is 0. The predicted molar refractivity (Wildman–Crippen MR) is 76.4 cm³/mol. The number of amides is 1. The Kier molecular flexibility index (Phi) is 5.29. The monoisotopic (exact) mass is 337 g/mol. The van der Waals surface area contributed by atoms with Gasteiger partial charge >= 0.3 is 0 Å². The fourth-order valence-corrected chi connectivity index (χ4v) is 1.60. The van der Waals surface area contributed by atoms with E-state index in [2.05, 4.69) is 35.1 Å². The van der Waals surface area contributed by atoms with Crippen LogP contribution in [0, 0.1) is 5.41 Å². The first-order valence-corrected chi connectivity index (χ1v) is 7.03. The number of hydrogen-bond donors (Lipinski definition) is 1. The molecule has 0 aromatic heterocycles. The highest BCUT2D eigenvalue weighted by Crippen LogP contribution is 2.23. The molecule has 0 aliphatic carbocycles. The van der Waals surface area contributed by atoms with Crippen molar-refractivity contribution in [2.24, 2.45) is 5.41 Å². The molecule has 0 saturated carbocycles. The van der Waals surface area contributed by atoms with Gasteiger partial charge in [-0.2, -0.15) is 0 Å². The zero-order valence-corrected chi connectivity index (χ0v) is 12.8. The van der Waals surface area contributed by atoms with Crippen LogP contribution in [0.25, 0.3) is 0 Å². The minimum atomic E-state index is -0.141. The molecule has 0 atom stereocenters. The standard InChI is InChI=1S/C12H14BrCl2NO/c1-12(2,6-13)7-16-11(17)8-3-4-9(14)10(15)5-8/h3-5H,6-7H2,1-2H3,(H,16,17). The maximum Gasteiger partial charge on any atom is 0.251 e. The Morgan fingerprint density at radius 2 is 2.00 bits per heavy atom. The van der Waals surface area contributed by atoms with Crippen LogP contribution in [0.3, 0.4) is 0 Å². The van der Waals surface area contributed by atoms with Crippen LogP contribution in [0.5, 0.6) is 0 Å². The third kappa shape index (κ3) is 4.49. The second kappa shape index (κ2) is 6.07. The highest BCUT2D eigenvalue weighted by molar-refractivity contribution is 9.09. The van der Waals surface area contributed by atoms with E-state index < -0.39 is 0 Å². The van der Waals surface area contributed by atoms with E-state index in [1.54, 1.807) is 18.2 Å². The number of alkyl halides is 1. The molecule has 1 rings (SSSR count). The molecule has 1 aromatic carbocycles. The predicted octanol–water partition coefficient (Wildman–Crippen LogP) is 4.14. The van der Waals surface area contributed by atoms with Crippen LogP contribution in [0.4, 0.5) is 0 Å². The average molecular weight is 339 g/mol. The van der Waals surface area contributed by atoms with Crippen LogP contribution >= 0.6 is 39.1 Å². The van der Waals surface area contributed by atoms with Gasteiger partial charge in [0.05, 0.1) is 10.0 Å². The Balaban J connectivity index is 2.68. The molecule has 17 heavy (non-hydrogen) atoms. The highest BCUT2D eigenvalue weighted by atomic mass is 79.9. The third-order valence-electron chi connectivity index (χ3n) is 2.27. The number of halogens is 3. The minimum absolute atomic E-state index is 0.0197. The summed E-state index contributed by atoms with van der Waals surface area (Å²) in [5.74, 6) is -0.141. The van der Waals surface area contributed by atoms with Crippen LogP contribution in [0.2, 0.25) is 10.0 Å². The first-order valence-electron chi connectivity index (χ1n) is 5.15. The van der Waals surface area contributed by atoms with E-state index in [0.717, 1.165) is 5.33 Å². The molecule has 0 unspecified atom stereocenters. The van der Waals surface area contributed by atoms with Gasteiger partial charge in [0.2, 0.25) is 0 Å². The van der Waals surface area contributed by atoms with Crippen molar-refractivity contribution >= 4 is 45.0 Å². The van der Waals surface area contributed by atoms with Crippen LogP contribution < -0.4 is 5.32 Å². The molecule has 0 fully saturated rings. The van der Waals surface area contributed by atoms with Gasteiger partial charge in [0, 0.05) is 17.4 Å². The SMILES string of the molecule is CC(C)(CBr)CNC(=O)c1ccc(Cl)c(Cl)c1. The van der Waals surface area contributed by atoms with Crippen molar-refractivity contribution in [3.8, 4) is 0 Å². The summed E-state index contributed by atoms with van der Waals surface area (Å²) in [6.45, 7) is 4.73. The molecule has 1 aromatic rings. The molecule has 94 valence electrons. The molecular weight excluding hydrogens is 325 g/mol. The Morgan fingerprint density at radius 1 is 1.35 bits per heavy atom. The van der Waals surface area contributed by atoms with Crippen molar-refractivity contribution in [1.29, 1.82) is 0 Å². The molecule has 2 nitrogen and oxygen atoms in total. The number of benzene rings is 1. The van der Waals surface area contributed by atoms with Crippen molar-refractivity contribution in [2.45, 2.75) is 13.8 Å². The number of carbonyl (C=O) groups is 1. The lowest BCUT2D eigenvalue weighted by atomic mass is 9.97. The summed E-state index contributed by atoms with van der Waals surface area (Å²) in [5.41, 5.74) is 0.538. The van der Waals surface area contributed by atoms with E-state index in [4.69, 9.17) is 23.2 Å². The Labute approximate surface area is 120 Å². The number of rotatable bonds is 4. The van der Waals surface area contributed by atoms with E-state index in [1.807, 2.05) is 0 Å². The first kappa shape index (κ1) is 14.8. The minimum Gasteiger partial charge on any atom is -0.351 e. The zero-order valence-electron chi connectivity index (χ0n) is 9.69. The van der Waals surface area contributed by atoms with Crippen LogP contribution in [-0.4, -0.2) is 17.8 Å². The molecule has 0 radical (unpaired) electrons. The molecule has 0 aliphatic rings. The van der Waals surface area contributed by atoms with Crippen molar-refractivity contribution in [3.05, 3.63) is 33.8 Å². The third-order valence-corrected chi connectivity index (χ3v) is 4.53. The maximum atomic E-state index is 11.8. The maximum absolute atomic E-state index is 11.8. The Hall–Kier alpha value is -0.250. The fourth-order valence-electron chi connectivity index (χ4n) is 1.11. The largest absolute Gasteiger partial charge is 0.351 e. The van der Waals surface area contributed by atoms with Gasteiger partial charge in [0.15, 0.2) is 0 Å². The smallest absolute Gasteiger partial charge is 0.251 e. The van der Waals surface area contributed by atoms with E-state index in [1.165, 1.54) is 0 Å². The number of carbonyl (C=O) groups excluding carboxylic acids is 1. The zero-order chi connectivity index (χ0) is 13.1. The van der Waals surface area contributed by atoms with Gasteiger partial charge in [0.1, 0.15) is 0 Å². The molecule has 0 aliphatic heterocycles. The van der Waals surface area contributed by atoms with Gasteiger partial charge in [-0.3, -0.25) is 4.79 Å². The molecule has 1 N–H and O–H groups in total. The summed E-state index contributed by atoms with van der Waals surface area (Å²) in [6, 6.07) is 4.85. The van der Waals surface area contributed by atoms with Gasteiger partial charge < -0.3 is 5.32 Å². The van der Waals surface area contributed by atoms with Gasteiger partial charge in [-0.25, -0.2) is 0 Å². The summed E-state index contributed by atoms with van der Waals surface area (Å²) >= 11 is 15.1. The van der Waals surface area contributed by atoms with Crippen molar-refractivity contribution in [2.75, 3.05) is 11.9 Å². The van der Waals surface area contributed by atoms with Gasteiger partial charge in [-0.05, 0) is 23.6 Å². The average Bonchev–Trinajstić information content (AvgIpc) is 2.30. The first-order chi connectivity index (χ1) is 7.85. The number of nitrogens with one attached hydrogen (secondary N) is 1. The van der Waals surface area contributed by atoms with Crippen LogP contribution in [0.15, 0.2) is 18.2 Å². The highest BCUT2D eigenvalue weighted by Gasteiger charge is 2.17. The van der Waals surface area contributed by atoms with Gasteiger partial charge in [0.25, 0.3) is 5.91 Å². The summed E-state index contributed by atoms with van der Waals surface area (Å²) < 4.78 is 0. The molecule has 5 heteroatoms. The molecule has 0 bridgehead atoms. The molecule has 0 spiro atoms. The fraction of sp³-hybridized carbons (Fsp3) is 0.417. The lowest BCUT2D eigenvalue weighted by Crippen LogP contribution is -2.34. The van der Waals surface area contributed by atoms with E-state index in [-0.39, 0.29) is 11.3 Å². The second-order valence-electron chi connectivity index (χ2n) is 4.61. The van der Waals surface area contributed by atoms with Gasteiger partial charge in [-0.1, -0.05) is 53.0 Å². The lowest BCUT2D eigenvalue weighted by molar-refractivity contribution is 0.0940. The van der Waals surface area contributed by atoms with E-state index in [0.29, 0.717) is 22.2 Å². The summed E-state index contributed by atoms with van der Waals surface area (Å²) in [5, 5.41) is 4.52. The quantitative estimate of drug-likeness (QED) is 0.821. The molecule has 1 amide bonds. The van der Waals surface area contributed by atoms with Crippen molar-refractivity contribution in [1.82, 2.24) is 5.32 Å². The summed E-state index contributed by atoms with van der Waals surface area (Å²) in [6.07, 6.45) is 0. The topological polar surface area (TPSA) is 29.1 Å². The number of hydrogen-bond acceptors (Lipinski definition) is 1.